The summed E-state index contributed by atoms with van der Waals surface area (Å²) in [5.41, 5.74) is -0.374. The van der Waals surface area contributed by atoms with Crippen molar-refractivity contribution in [3.63, 3.8) is 0 Å². The largest absolute Gasteiger partial charge is 0.390 e. The lowest BCUT2D eigenvalue weighted by molar-refractivity contribution is -0.0874. The highest BCUT2D eigenvalue weighted by atomic mass is 16.3. The lowest BCUT2D eigenvalue weighted by atomic mass is 9.65. The molecule has 0 amide bonds. The predicted octanol–water partition coefficient (Wildman–Crippen LogP) is 4.64. The van der Waals surface area contributed by atoms with Gasteiger partial charge < -0.3 is 5.11 Å². The van der Waals surface area contributed by atoms with E-state index < -0.39 is 0 Å². The third-order valence-electron chi connectivity index (χ3n) is 4.56. The molecule has 0 aromatic carbocycles. The lowest BCUT2D eigenvalue weighted by Crippen LogP contribution is -2.45. The van der Waals surface area contributed by atoms with Crippen molar-refractivity contribution in [2.45, 2.75) is 78.7 Å². The minimum Gasteiger partial charge on any atom is -0.390 e. The molecule has 1 aliphatic carbocycles. The van der Waals surface area contributed by atoms with Gasteiger partial charge in [0.1, 0.15) is 0 Å². The first-order valence-corrected chi connectivity index (χ1v) is 7.57. The van der Waals surface area contributed by atoms with Crippen molar-refractivity contribution in [3.8, 4) is 0 Å². The highest BCUT2D eigenvalue weighted by Gasteiger charge is 2.41. The van der Waals surface area contributed by atoms with Gasteiger partial charge in [-0.3, -0.25) is 0 Å². The highest BCUT2D eigenvalue weighted by molar-refractivity contribution is 4.93. The first kappa shape index (κ1) is 15.0. The first-order valence-electron chi connectivity index (χ1n) is 7.57. The van der Waals surface area contributed by atoms with E-state index in [2.05, 4.69) is 34.6 Å². The first-order chi connectivity index (χ1) is 7.85. The Labute approximate surface area is 108 Å². The van der Waals surface area contributed by atoms with Crippen LogP contribution in [0, 0.1) is 23.7 Å². The molecule has 1 fully saturated rings. The lowest BCUT2D eigenvalue weighted by Gasteiger charge is -2.45. The maximum absolute atomic E-state index is 11.0. The van der Waals surface area contributed by atoms with Gasteiger partial charge in [-0.15, -0.1) is 0 Å². The van der Waals surface area contributed by atoms with Crippen LogP contribution < -0.4 is 0 Å². The van der Waals surface area contributed by atoms with E-state index in [9.17, 15) is 5.11 Å². The Bertz CT molecular complexity index is 222. The molecule has 1 heteroatoms. The summed E-state index contributed by atoms with van der Waals surface area (Å²) < 4.78 is 0. The van der Waals surface area contributed by atoms with Crippen molar-refractivity contribution in [1.29, 1.82) is 0 Å². The van der Waals surface area contributed by atoms with Gasteiger partial charge in [0, 0.05) is 0 Å². The van der Waals surface area contributed by atoms with E-state index in [0.29, 0.717) is 17.8 Å². The molecule has 0 aromatic rings. The summed E-state index contributed by atoms with van der Waals surface area (Å²) in [5, 5.41) is 11.0. The Morgan fingerprint density at radius 1 is 1.18 bits per heavy atom. The molecule has 3 unspecified atom stereocenters. The second-order valence-corrected chi connectivity index (χ2v) is 7.13. The maximum Gasteiger partial charge on any atom is 0.0680 e. The molecule has 1 rings (SSSR count). The number of rotatable bonds is 5. The zero-order valence-electron chi connectivity index (χ0n) is 12.5. The molecule has 102 valence electrons. The van der Waals surface area contributed by atoms with Crippen LogP contribution in [0.3, 0.4) is 0 Å². The minimum absolute atomic E-state index is 0.374. The van der Waals surface area contributed by atoms with Gasteiger partial charge in [-0.05, 0) is 42.9 Å². The van der Waals surface area contributed by atoms with E-state index in [0.717, 1.165) is 18.8 Å². The maximum atomic E-state index is 11.0. The molecule has 3 atom stereocenters. The van der Waals surface area contributed by atoms with E-state index >= 15 is 0 Å². The van der Waals surface area contributed by atoms with Gasteiger partial charge in [0.2, 0.25) is 0 Å². The van der Waals surface area contributed by atoms with Crippen LogP contribution in [0.25, 0.3) is 0 Å². The fraction of sp³-hybridized carbons (Fsp3) is 1.00. The van der Waals surface area contributed by atoms with Crippen LogP contribution in [-0.2, 0) is 0 Å². The molecule has 0 aliphatic heterocycles. The standard InChI is InChI=1S/C16H32O/c1-12(2)7-6-10-16(17)11-14(5)8-9-15(16)13(3)4/h12-15,17H,6-11H2,1-5H3. The normalized spacial score (nSPS) is 34.6. The Balaban J connectivity index is 2.58. The molecular weight excluding hydrogens is 208 g/mol. The van der Waals surface area contributed by atoms with Gasteiger partial charge in [0.25, 0.3) is 0 Å². The van der Waals surface area contributed by atoms with E-state index in [-0.39, 0.29) is 5.60 Å². The van der Waals surface area contributed by atoms with Crippen molar-refractivity contribution in [3.05, 3.63) is 0 Å². The summed E-state index contributed by atoms with van der Waals surface area (Å²) in [6.07, 6.45) is 6.99. The number of hydrogen-bond donors (Lipinski definition) is 1. The van der Waals surface area contributed by atoms with Crippen LogP contribution in [0.2, 0.25) is 0 Å². The molecule has 1 saturated carbocycles. The van der Waals surface area contributed by atoms with Gasteiger partial charge in [-0.2, -0.15) is 0 Å². The molecule has 1 nitrogen and oxygen atoms in total. The van der Waals surface area contributed by atoms with Crippen LogP contribution in [0.4, 0.5) is 0 Å². The second kappa shape index (κ2) is 6.22. The number of hydrogen-bond acceptors (Lipinski definition) is 1. The Morgan fingerprint density at radius 3 is 2.35 bits per heavy atom. The van der Waals surface area contributed by atoms with E-state index in [1.165, 1.54) is 25.7 Å². The third-order valence-corrected chi connectivity index (χ3v) is 4.56. The smallest absolute Gasteiger partial charge is 0.0680 e. The Kier molecular flexibility index (Phi) is 5.50. The molecule has 0 bridgehead atoms. The fourth-order valence-electron chi connectivity index (χ4n) is 3.65. The average Bonchev–Trinajstić information content (AvgIpc) is 2.15. The monoisotopic (exact) mass is 240 g/mol. The Morgan fingerprint density at radius 2 is 1.82 bits per heavy atom. The van der Waals surface area contributed by atoms with Gasteiger partial charge in [0.15, 0.2) is 0 Å². The van der Waals surface area contributed by atoms with Crippen LogP contribution in [-0.4, -0.2) is 10.7 Å². The van der Waals surface area contributed by atoms with Crippen molar-refractivity contribution in [1.82, 2.24) is 0 Å². The molecule has 0 radical (unpaired) electrons. The van der Waals surface area contributed by atoms with E-state index in [1.54, 1.807) is 0 Å². The SMILES string of the molecule is CC(C)CCCC1(O)CC(C)CCC1C(C)C. The van der Waals surface area contributed by atoms with Crippen LogP contribution >= 0.6 is 0 Å². The highest BCUT2D eigenvalue weighted by Crippen LogP contribution is 2.43. The zero-order chi connectivity index (χ0) is 13.1. The summed E-state index contributed by atoms with van der Waals surface area (Å²) in [6.45, 7) is 11.4. The van der Waals surface area contributed by atoms with Crippen molar-refractivity contribution < 1.29 is 5.11 Å². The second-order valence-electron chi connectivity index (χ2n) is 7.13. The zero-order valence-corrected chi connectivity index (χ0v) is 12.5. The molecule has 0 saturated heterocycles. The van der Waals surface area contributed by atoms with Gasteiger partial charge in [-0.25, -0.2) is 0 Å². The van der Waals surface area contributed by atoms with Crippen LogP contribution in [0.15, 0.2) is 0 Å². The van der Waals surface area contributed by atoms with Crippen molar-refractivity contribution in [2.75, 3.05) is 0 Å². The van der Waals surface area contributed by atoms with Crippen LogP contribution in [0.5, 0.6) is 0 Å². The topological polar surface area (TPSA) is 20.2 Å². The van der Waals surface area contributed by atoms with E-state index in [4.69, 9.17) is 0 Å². The third kappa shape index (κ3) is 4.28. The summed E-state index contributed by atoms with van der Waals surface area (Å²) in [7, 11) is 0. The fourth-order valence-corrected chi connectivity index (χ4v) is 3.65. The molecular formula is C16H32O. The summed E-state index contributed by atoms with van der Waals surface area (Å²) in [5.74, 6) is 2.60. The predicted molar refractivity (Wildman–Crippen MR) is 75.0 cm³/mol. The van der Waals surface area contributed by atoms with Crippen molar-refractivity contribution >= 4 is 0 Å². The summed E-state index contributed by atoms with van der Waals surface area (Å²) in [4.78, 5) is 0. The molecule has 0 spiro atoms. The molecule has 1 N–H and O–H groups in total. The molecule has 0 heterocycles. The quantitative estimate of drug-likeness (QED) is 0.742. The van der Waals surface area contributed by atoms with E-state index in [1.807, 2.05) is 0 Å². The van der Waals surface area contributed by atoms with Gasteiger partial charge in [-0.1, -0.05) is 53.9 Å². The van der Waals surface area contributed by atoms with Gasteiger partial charge >= 0.3 is 0 Å². The Hall–Kier alpha value is -0.0400. The van der Waals surface area contributed by atoms with Crippen molar-refractivity contribution in [2.24, 2.45) is 23.7 Å². The van der Waals surface area contributed by atoms with Gasteiger partial charge in [0.05, 0.1) is 5.60 Å². The average molecular weight is 240 g/mol. The summed E-state index contributed by atoms with van der Waals surface area (Å²) >= 11 is 0. The minimum atomic E-state index is -0.374. The number of aliphatic hydroxyl groups is 1. The molecule has 1 aliphatic rings. The van der Waals surface area contributed by atoms with Crippen LogP contribution in [0.1, 0.15) is 73.1 Å². The summed E-state index contributed by atoms with van der Waals surface area (Å²) in [6, 6.07) is 0. The molecule has 17 heavy (non-hydrogen) atoms. The molecule has 0 aromatic heterocycles.